The number of rotatable bonds is 6. The Kier molecular flexibility index (Phi) is 6.47. The highest BCUT2D eigenvalue weighted by Crippen LogP contribution is 2.19. The largest absolute Gasteiger partial charge is 0.452 e. The number of esters is 1. The number of ether oxygens (including phenoxy) is 1. The van der Waals surface area contributed by atoms with Gasteiger partial charge >= 0.3 is 5.97 Å². The molecule has 1 heterocycles. The first-order valence-corrected chi connectivity index (χ1v) is 10.0. The van der Waals surface area contributed by atoms with E-state index in [2.05, 4.69) is 5.32 Å². The molecule has 8 nitrogen and oxygen atoms in total. The number of carbonyl (C=O) groups is 3. The van der Waals surface area contributed by atoms with Crippen LogP contribution in [0, 0.1) is 6.92 Å². The number of amides is 2. The van der Waals surface area contributed by atoms with Crippen molar-refractivity contribution in [1.82, 2.24) is 9.62 Å². The molecule has 0 aliphatic carbocycles. The molecule has 0 saturated heterocycles. The molecule has 0 spiro atoms. The Morgan fingerprint density at radius 3 is 2.48 bits per heavy atom. The molecular formula is C17H18N2O6S2. The summed E-state index contributed by atoms with van der Waals surface area (Å²) in [5, 5.41) is 3.80. The molecule has 10 heteroatoms. The third-order valence-corrected chi connectivity index (χ3v) is 6.22. The van der Waals surface area contributed by atoms with E-state index in [4.69, 9.17) is 4.74 Å². The van der Waals surface area contributed by atoms with Crippen molar-refractivity contribution < 1.29 is 27.5 Å². The lowest BCUT2D eigenvalue weighted by Gasteiger charge is -2.13. The van der Waals surface area contributed by atoms with Crippen LogP contribution in [0.15, 0.2) is 40.6 Å². The van der Waals surface area contributed by atoms with Crippen LogP contribution in [0.3, 0.4) is 0 Å². The molecule has 0 fully saturated rings. The number of hydrogen-bond acceptors (Lipinski definition) is 7. The maximum absolute atomic E-state index is 12.2. The van der Waals surface area contributed by atoms with Gasteiger partial charge in [-0.3, -0.25) is 14.9 Å². The van der Waals surface area contributed by atoms with Gasteiger partial charge < -0.3 is 4.74 Å². The lowest BCUT2D eigenvalue weighted by atomic mass is 10.1. The number of aryl methyl sites for hydroxylation is 1. The standard InChI is InChI=1S/C17H18N2O6S2/c1-11-6-7-12(27(23,24)19(2)3)9-13(11)17(22)25-10-15(20)18-16(21)14-5-4-8-26-14/h4-9H,10H2,1-3H3,(H,18,20,21). The Morgan fingerprint density at radius 1 is 1.19 bits per heavy atom. The van der Waals surface area contributed by atoms with Gasteiger partial charge in [-0.15, -0.1) is 11.3 Å². The van der Waals surface area contributed by atoms with Gasteiger partial charge in [0.25, 0.3) is 11.8 Å². The van der Waals surface area contributed by atoms with Gasteiger partial charge in [0.15, 0.2) is 6.61 Å². The van der Waals surface area contributed by atoms with Crippen molar-refractivity contribution in [3.63, 3.8) is 0 Å². The minimum atomic E-state index is -3.72. The number of thiophene rings is 1. The van der Waals surface area contributed by atoms with Crippen LogP contribution in [0.4, 0.5) is 0 Å². The van der Waals surface area contributed by atoms with Gasteiger partial charge in [-0.05, 0) is 36.1 Å². The van der Waals surface area contributed by atoms with Crippen LogP contribution in [0.25, 0.3) is 0 Å². The molecule has 27 heavy (non-hydrogen) atoms. The molecule has 0 atom stereocenters. The zero-order valence-corrected chi connectivity index (χ0v) is 16.5. The third-order valence-electron chi connectivity index (χ3n) is 3.54. The first-order chi connectivity index (χ1) is 12.6. The van der Waals surface area contributed by atoms with E-state index in [0.29, 0.717) is 10.4 Å². The molecule has 1 N–H and O–H groups in total. The zero-order chi connectivity index (χ0) is 20.2. The third kappa shape index (κ3) is 5.00. The average molecular weight is 410 g/mol. The highest BCUT2D eigenvalue weighted by Gasteiger charge is 2.21. The highest BCUT2D eigenvalue weighted by atomic mass is 32.2. The molecule has 0 aliphatic rings. The molecule has 2 amide bonds. The Bertz CT molecular complexity index is 965. The summed E-state index contributed by atoms with van der Waals surface area (Å²) in [6, 6.07) is 7.28. The molecule has 0 aliphatic heterocycles. The highest BCUT2D eigenvalue weighted by molar-refractivity contribution is 7.89. The summed E-state index contributed by atoms with van der Waals surface area (Å²) in [4.78, 5) is 36.1. The second-order valence-corrected chi connectivity index (χ2v) is 8.79. The lowest BCUT2D eigenvalue weighted by Crippen LogP contribution is -2.33. The number of nitrogens with one attached hydrogen (secondary N) is 1. The topological polar surface area (TPSA) is 110 Å². The van der Waals surface area contributed by atoms with E-state index in [1.165, 1.54) is 43.6 Å². The fraction of sp³-hybridized carbons (Fsp3) is 0.235. The van der Waals surface area contributed by atoms with Crippen LogP contribution in [-0.2, 0) is 19.6 Å². The first-order valence-electron chi connectivity index (χ1n) is 7.71. The van der Waals surface area contributed by atoms with E-state index in [9.17, 15) is 22.8 Å². The SMILES string of the molecule is Cc1ccc(S(=O)(=O)N(C)C)cc1C(=O)OCC(=O)NC(=O)c1cccs1. The Morgan fingerprint density at radius 2 is 1.89 bits per heavy atom. The van der Waals surface area contributed by atoms with Crippen LogP contribution in [0.5, 0.6) is 0 Å². The van der Waals surface area contributed by atoms with Crippen LogP contribution >= 0.6 is 11.3 Å². The number of benzene rings is 1. The minimum absolute atomic E-state index is 0.0234. The average Bonchev–Trinajstić information content (AvgIpc) is 3.14. The van der Waals surface area contributed by atoms with E-state index >= 15 is 0 Å². The lowest BCUT2D eigenvalue weighted by molar-refractivity contribution is -0.123. The van der Waals surface area contributed by atoms with Crippen molar-refractivity contribution in [2.45, 2.75) is 11.8 Å². The van der Waals surface area contributed by atoms with Gasteiger partial charge in [0, 0.05) is 14.1 Å². The number of carbonyl (C=O) groups excluding carboxylic acids is 3. The monoisotopic (exact) mass is 410 g/mol. The maximum Gasteiger partial charge on any atom is 0.338 e. The first kappa shape index (κ1) is 20.7. The molecule has 2 aromatic rings. The number of nitrogens with zero attached hydrogens (tertiary/aromatic N) is 1. The van der Waals surface area contributed by atoms with Crippen LogP contribution in [0.2, 0.25) is 0 Å². The fourth-order valence-electron chi connectivity index (χ4n) is 2.03. The van der Waals surface area contributed by atoms with E-state index in [1.54, 1.807) is 24.4 Å². The smallest absolute Gasteiger partial charge is 0.338 e. The summed E-state index contributed by atoms with van der Waals surface area (Å²) >= 11 is 1.17. The predicted octanol–water partition coefficient (Wildman–Crippen LogP) is 1.42. The second-order valence-electron chi connectivity index (χ2n) is 5.69. The van der Waals surface area contributed by atoms with Crippen molar-refractivity contribution >= 4 is 39.1 Å². The molecule has 0 unspecified atom stereocenters. The van der Waals surface area contributed by atoms with Gasteiger partial charge in [0.1, 0.15) is 0 Å². The van der Waals surface area contributed by atoms with Crippen molar-refractivity contribution in [1.29, 1.82) is 0 Å². The van der Waals surface area contributed by atoms with E-state index in [1.807, 2.05) is 0 Å². The van der Waals surface area contributed by atoms with E-state index < -0.39 is 34.4 Å². The van der Waals surface area contributed by atoms with Gasteiger partial charge in [-0.1, -0.05) is 12.1 Å². The van der Waals surface area contributed by atoms with Gasteiger partial charge in [-0.25, -0.2) is 17.5 Å². The predicted molar refractivity (Wildman–Crippen MR) is 99.1 cm³/mol. The van der Waals surface area contributed by atoms with Crippen LogP contribution < -0.4 is 5.32 Å². The molecule has 144 valence electrons. The summed E-state index contributed by atoms with van der Waals surface area (Å²) in [5.41, 5.74) is 0.517. The molecule has 2 rings (SSSR count). The summed E-state index contributed by atoms with van der Waals surface area (Å²) in [6.45, 7) is 0.948. The van der Waals surface area contributed by atoms with Crippen LogP contribution in [-0.4, -0.2) is 51.2 Å². The quantitative estimate of drug-likeness (QED) is 0.721. The van der Waals surface area contributed by atoms with Gasteiger partial charge in [0.2, 0.25) is 10.0 Å². The number of hydrogen-bond donors (Lipinski definition) is 1. The van der Waals surface area contributed by atoms with Gasteiger partial charge in [0.05, 0.1) is 15.3 Å². The summed E-state index contributed by atoms with van der Waals surface area (Å²) in [7, 11) is -0.965. The molecular weight excluding hydrogens is 392 g/mol. The number of sulfonamides is 1. The van der Waals surface area contributed by atoms with E-state index in [0.717, 1.165) is 4.31 Å². The zero-order valence-electron chi connectivity index (χ0n) is 14.9. The van der Waals surface area contributed by atoms with Crippen molar-refractivity contribution in [3.05, 3.63) is 51.7 Å². The summed E-state index contributed by atoms with van der Waals surface area (Å²) in [5.74, 6) is -2.22. The normalized spacial score (nSPS) is 11.3. The Hall–Kier alpha value is -2.56. The maximum atomic E-state index is 12.2. The molecule has 0 bridgehead atoms. The van der Waals surface area contributed by atoms with Crippen LogP contribution in [0.1, 0.15) is 25.6 Å². The minimum Gasteiger partial charge on any atom is -0.452 e. The van der Waals surface area contributed by atoms with Gasteiger partial charge in [-0.2, -0.15) is 0 Å². The van der Waals surface area contributed by atoms with Crippen molar-refractivity contribution in [2.75, 3.05) is 20.7 Å². The molecule has 0 saturated carbocycles. The van der Waals surface area contributed by atoms with Crippen molar-refractivity contribution in [2.24, 2.45) is 0 Å². The summed E-state index contributed by atoms with van der Waals surface area (Å²) in [6.07, 6.45) is 0. The number of imide groups is 1. The Labute approximate surface area is 160 Å². The molecule has 0 radical (unpaired) electrons. The fourth-order valence-corrected chi connectivity index (χ4v) is 3.58. The summed E-state index contributed by atoms with van der Waals surface area (Å²) < 4.78 is 30.3. The van der Waals surface area contributed by atoms with E-state index in [-0.39, 0.29) is 10.5 Å². The molecule has 1 aromatic carbocycles. The second kappa shape index (κ2) is 8.42. The Balaban J connectivity index is 2.05. The molecule has 1 aromatic heterocycles. The van der Waals surface area contributed by atoms with Crippen molar-refractivity contribution in [3.8, 4) is 0 Å².